The minimum atomic E-state index is -0.297. The number of aromatic nitrogens is 4. The molecule has 4 rings (SSSR count). The lowest BCUT2D eigenvalue weighted by atomic mass is 9.95. The van der Waals surface area contributed by atoms with Crippen LogP contribution in [-0.2, 0) is 11.3 Å². The average molecular weight is 428 g/mol. The molecule has 2 aromatic heterocycles. The van der Waals surface area contributed by atoms with Crippen LogP contribution in [0.25, 0.3) is 16.7 Å². The van der Waals surface area contributed by atoms with E-state index in [4.69, 9.17) is 0 Å². The van der Waals surface area contributed by atoms with Crippen LogP contribution in [0.3, 0.4) is 0 Å². The van der Waals surface area contributed by atoms with Crippen LogP contribution in [0.2, 0.25) is 0 Å². The van der Waals surface area contributed by atoms with Crippen molar-refractivity contribution in [3.63, 3.8) is 0 Å². The quantitative estimate of drug-likeness (QED) is 0.581. The summed E-state index contributed by atoms with van der Waals surface area (Å²) in [5.41, 5.74) is 0.733. The predicted molar refractivity (Wildman–Crippen MR) is 120 cm³/mol. The maximum Gasteiger partial charge on any atom is 0.262 e. The molecule has 0 radical (unpaired) electrons. The first kappa shape index (κ1) is 20.9. The number of benzene rings is 1. The van der Waals surface area contributed by atoms with Crippen LogP contribution in [0.5, 0.6) is 0 Å². The summed E-state index contributed by atoms with van der Waals surface area (Å²) < 4.78 is 3.62. The third-order valence-corrected chi connectivity index (χ3v) is 6.86. The van der Waals surface area contributed by atoms with Crippen molar-refractivity contribution in [2.45, 2.75) is 81.8 Å². The van der Waals surface area contributed by atoms with E-state index in [2.05, 4.69) is 22.4 Å². The Morgan fingerprint density at radius 2 is 2.00 bits per heavy atom. The fraction of sp³-hybridized carbons (Fsp3) is 0.545. The van der Waals surface area contributed by atoms with Crippen LogP contribution in [0.4, 0.5) is 0 Å². The molecule has 1 amide bonds. The van der Waals surface area contributed by atoms with Crippen molar-refractivity contribution < 1.29 is 4.79 Å². The van der Waals surface area contributed by atoms with Crippen molar-refractivity contribution in [1.82, 2.24) is 24.5 Å². The van der Waals surface area contributed by atoms with Crippen molar-refractivity contribution >= 4 is 34.3 Å². The number of nitrogens with one attached hydrogen (secondary N) is 1. The van der Waals surface area contributed by atoms with Gasteiger partial charge >= 0.3 is 0 Å². The number of carbonyl (C=O) groups is 1. The van der Waals surface area contributed by atoms with Crippen LogP contribution in [-0.4, -0.2) is 36.4 Å². The van der Waals surface area contributed by atoms with Gasteiger partial charge in [-0.15, -0.1) is 10.2 Å². The van der Waals surface area contributed by atoms with Gasteiger partial charge in [0.15, 0.2) is 5.16 Å². The summed E-state index contributed by atoms with van der Waals surface area (Å²) in [4.78, 5) is 25.8. The largest absolute Gasteiger partial charge is 0.352 e. The van der Waals surface area contributed by atoms with E-state index in [0.717, 1.165) is 31.2 Å². The molecule has 8 heteroatoms. The van der Waals surface area contributed by atoms with E-state index >= 15 is 0 Å². The summed E-state index contributed by atoms with van der Waals surface area (Å²) in [6.07, 6.45) is 7.62. The van der Waals surface area contributed by atoms with E-state index in [1.165, 1.54) is 31.0 Å². The smallest absolute Gasteiger partial charge is 0.262 e. The highest BCUT2D eigenvalue weighted by atomic mass is 32.2. The number of amides is 1. The molecule has 1 fully saturated rings. The summed E-state index contributed by atoms with van der Waals surface area (Å²) >= 11 is 1.39. The molecule has 1 aliphatic rings. The Morgan fingerprint density at radius 3 is 2.77 bits per heavy atom. The predicted octanol–water partition coefficient (Wildman–Crippen LogP) is 3.77. The van der Waals surface area contributed by atoms with Gasteiger partial charge in [0.1, 0.15) is 0 Å². The number of thioether (sulfide) groups is 1. The van der Waals surface area contributed by atoms with Gasteiger partial charge in [-0.1, -0.05) is 56.5 Å². The third kappa shape index (κ3) is 4.10. The fourth-order valence-electron chi connectivity index (χ4n) is 4.10. The van der Waals surface area contributed by atoms with Crippen molar-refractivity contribution in [1.29, 1.82) is 0 Å². The van der Waals surface area contributed by atoms with E-state index in [-0.39, 0.29) is 22.8 Å². The zero-order valence-corrected chi connectivity index (χ0v) is 18.5. The summed E-state index contributed by atoms with van der Waals surface area (Å²) in [5, 5.41) is 12.9. The normalized spacial score (nSPS) is 16.2. The number of fused-ring (bicyclic) bond motifs is 3. The molecule has 1 saturated carbocycles. The van der Waals surface area contributed by atoms with Gasteiger partial charge in [0.05, 0.1) is 16.2 Å². The van der Waals surface area contributed by atoms with E-state index in [1.54, 1.807) is 4.57 Å². The summed E-state index contributed by atoms with van der Waals surface area (Å²) in [6, 6.07) is 7.81. The number of para-hydroxylation sites is 1. The Bertz CT molecular complexity index is 1100. The zero-order valence-electron chi connectivity index (χ0n) is 17.6. The van der Waals surface area contributed by atoms with Crippen molar-refractivity contribution in [2.24, 2.45) is 0 Å². The van der Waals surface area contributed by atoms with E-state index in [0.29, 0.717) is 22.9 Å². The molecule has 1 unspecified atom stereocenters. The van der Waals surface area contributed by atoms with E-state index in [1.807, 2.05) is 35.6 Å². The summed E-state index contributed by atoms with van der Waals surface area (Å²) in [5.74, 6) is 0.571. The standard InChI is InChI=1S/C22H29N5O2S/c1-3-4-14-26-20(29)17-12-8-9-13-18(17)27-21(26)24-25-22(27)30-15(2)19(28)23-16-10-6-5-7-11-16/h8-9,12-13,15-16H,3-7,10-11,14H2,1-2H3,(H,23,28). The maximum absolute atomic E-state index is 13.0. The lowest BCUT2D eigenvalue weighted by molar-refractivity contribution is -0.121. The first-order chi connectivity index (χ1) is 14.6. The number of carbonyl (C=O) groups excluding carboxylic acids is 1. The molecule has 1 aromatic carbocycles. The van der Waals surface area contributed by atoms with Crippen LogP contribution >= 0.6 is 11.8 Å². The van der Waals surface area contributed by atoms with E-state index in [9.17, 15) is 9.59 Å². The topological polar surface area (TPSA) is 81.3 Å². The Morgan fingerprint density at radius 1 is 1.23 bits per heavy atom. The number of hydrogen-bond acceptors (Lipinski definition) is 5. The van der Waals surface area contributed by atoms with E-state index < -0.39 is 0 Å². The highest BCUT2D eigenvalue weighted by molar-refractivity contribution is 8.00. The number of hydrogen-bond donors (Lipinski definition) is 1. The van der Waals surface area contributed by atoms with Crippen molar-refractivity contribution in [2.75, 3.05) is 0 Å². The molecular formula is C22H29N5O2S. The maximum atomic E-state index is 13.0. The number of nitrogens with zero attached hydrogens (tertiary/aromatic N) is 4. The molecule has 0 bridgehead atoms. The first-order valence-corrected chi connectivity index (χ1v) is 11.8. The van der Waals surface area contributed by atoms with Gasteiger partial charge in [-0.05, 0) is 38.3 Å². The van der Waals surface area contributed by atoms with Gasteiger partial charge in [0.25, 0.3) is 5.56 Å². The lowest BCUT2D eigenvalue weighted by Crippen LogP contribution is -2.40. The van der Waals surface area contributed by atoms with Gasteiger partial charge in [0.2, 0.25) is 11.7 Å². The molecule has 1 N–H and O–H groups in total. The summed E-state index contributed by atoms with van der Waals surface area (Å²) in [6.45, 7) is 4.60. The Hall–Kier alpha value is -2.35. The number of unbranched alkanes of at least 4 members (excludes halogenated alkanes) is 1. The number of rotatable bonds is 7. The monoisotopic (exact) mass is 427 g/mol. The highest BCUT2D eigenvalue weighted by Gasteiger charge is 2.23. The zero-order chi connectivity index (χ0) is 21.1. The lowest BCUT2D eigenvalue weighted by Gasteiger charge is -2.24. The van der Waals surface area contributed by atoms with Gasteiger partial charge in [0, 0.05) is 12.6 Å². The summed E-state index contributed by atoms with van der Waals surface area (Å²) in [7, 11) is 0. The van der Waals surface area contributed by atoms with Gasteiger partial charge in [-0.3, -0.25) is 18.6 Å². The Labute approximate surface area is 180 Å². The minimum absolute atomic E-state index is 0.0345. The van der Waals surface area contributed by atoms with Crippen LogP contribution in [0.15, 0.2) is 34.2 Å². The fourth-order valence-corrected chi connectivity index (χ4v) is 4.97. The van der Waals surface area contributed by atoms with Gasteiger partial charge in [-0.25, -0.2) is 0 Å². The van der Waals surface area contributed by atoms with Crippen molar-refractivity contribution in [3.8, 4) is 0 Å². The van der Waals surface area contributed by atoms with Crippen LogP contribution < -0.4 is 10.9 Å². The molecule has 160 valence electrons. The Balaban J connectivity index is 1.67. The molecule has 1 aliphatic carbocycles. The van der Waals surface area contributed by atoms with Crippen LogP contribution in [0.1, 0.15) is 58.8 Å². The molecule has 1 atom stereocenters. The molecule has 3 aromatic rings. The molecule has 0 saturated heterocycles. The molecule has 7 nitrogen and oxygen atoms in total. The van der Waals surface area contributed by atoms with Crippen molar-refractivity contribution in [3.05, 3.63) is 34.6 Å². The average Bonchev–Trinajstić information content (AvgIpc) is 3.18. The minimum Gasteiger partial charge on any atom is -0.352 e. The second-order valence-electron chi connectivity index (χ2n) is 8.05. The van der Waals surface area contributed by atoms with Gasteiger partial charge < -0.3 is 5.32 Å². The van der Waals surface area contributed by atoms with Gasteiger partial charge in [-0.2, -0.15) is 0 Å². The van der Waals surface area contributed by atoms with Crippen LogP contribution in [0, 0.1) is 0 Å². The first-order valence-electron chi connectivity index (χ1n) is 10.9. The second-order valence-corrected chi connectivity index (χ2v) is 9.36. The third-order valence-electron chi connectivity index (χ3n) is 5.82. The molecule has 0 aliphatic heterocycles. The second kappa shape index (κ2) is 9.20. The molecule has 2 heterocycles. The molecule has 30 heavy (non-hydrogen) atoms. The number of aryl methyl sites for hydroxylation is 1. The Kier molecular flexibility index (Phi) is 6.41. The molecular weight excluding hydrogens is 398 g/mol. The highest BCUT2D eigenvalue weighted by Crippen LogP contribution is 2.26. The SMILES string of the molecule is CCCCn1c(=O)c2ccccc2n2c(SC(C)C(=O)NC3CCCCC3)nnc12. The molecule has 0 spiro atoms.